The molecule has 0 aromatic heterocycles. The van der Waals surface area contributed by atoms with Gasteiger partial charge in [-0.15, -0.1) is 0 Å². The van der Waals surface area contributed by atoms with Crippen molar-refractivity contribution in [2.24, 2.45) is 34.5 Å². The number of rotatable bonds is 2. The molecule has 0 amide bonds. The lowest BCUT2D eigenvalue weighted by Crippen LogP contribution is -2.79. The van der Waals surface area contributed by atoms with Crippen molar-refractivity contribution in [2.75, 3.05) is 6.61 Å². The zero-order valence-electron chi connectivity index (χ0n) is 21.4. The largest absolute Gasteiger partial charge is 0.459 e. The molecule has 2 saturated heterocycles. The van der Waals surface area contributed by atoms with E-state index in [4.69, 9.17) is 14.2 Å². The van der Waals surface area contributed by atoms with Crippen molar-refractivity contribution >= 4 is 5.97 Å². The van der Waals surface area contributed by atoms with Gasteiger partial charge in [-0.1, -0.05) is 38.8 Å². The van der Waals surface area contributed by atoms with Gasteiger partial charge in [0.2, 0.25) is 0 Å². The van der Waals surface area contributed by atoms with E-state index in [9.17, 15) is 25.2 Å². The lowest BCUT2D eigenvalue weighted by molar-refractivity contribution is -0.361. The van der Waals surface area contributed by atoms with Crippen LogP contribution in [0, 0.1) is 34.5 Å². The molecule has 5 fully saturated rings. The number of carbonyl (C=O) groups is 1. The predicted molar refractivity (Wildman–Crippen MR) is 124 cm³/mol. The first-order valence-electron chi connectivity index (χ1n) is 13.3. The minimum atomic E-state index is -1.91. The average Bonchev–Trinajstić information content (AvgIpc) is 3.21. The molecular formula is C27H40O8. The zero-order valence-corrected chi connectivity index (χ0v) is 21.4. The summed E-state index contributed by atoms with van der Waals surface area (Å²) in [7, 11) is 0. The molecule has 2 heterocycles. The molecule has 6 rings (SSSR count). The lowest BCUT2D eigenvalue weighted by atomic mass is 9.51. The van der Waals surface area contributed by atoms with E-state index in [1.807, 2.05) is 0 Å². The van der Waals surface area contributed by atoms with Gasteiger partial charge in [0.25, 0.3) is 0 Å². The van der Waals surface area contributed by atoms with E-state index in [2.05, 4.69) is 27.7 Å². The first-order chi connectivity index (χ1) is 16.3. The second kappa shape index (κ2) is 7.29. The van der Waals surface area contributed by atoms with E-state index >= 15 is 0 Å². The third-order valence-electron chi connectivity index (χ3n) is 11.1. The second-order valence-electron chi connectivity index (χ2n) is 13.1. The number of carbonyl (C=O) groups excluding carboxylic acids is 1. The molecule has 2 bridgehead atoms. The summed E-state index contributed by atoms with van der Waals surface area (Å²) >= 11 is 0. The van der Waals surface area contributed by atoms with Crippen LogP contribution in [0.4, 0.5) is 0 Å². The van der Waals surface area contributed by atoms with Crippen LogP contribution < -0.4 is 0 Å². The van der Waals surface area contributed by atoms with Crippen LogP contribution in [0.1, 0.15) is 66.7 Å². The molecule has 4 aliphatic carbocycles. The van der Waals surface area contributed by atoms with Crippen molar-refractivity contribution < 1.29 is 39.4 Å². The van der Waals surface area contributed by atoms with Crippen LogP contribution in [-0.4, -0.2) is 74.9 Å². The third kappa shape index (κ3) is 2.76. The molecule has 8 heteroatoms. The molecule has 12 atom stereocenters. The monoisotopic (exact) mass is 492 g/mol. The summed E-state index contributed by atoms with van der Waals surface area (Å²) in [6.07, 6.45) is -0.807. The molecule has 0 spiro atoms. The van der Waals surface area contributed by atoms with Gasteiger partial charge in [-0.25, -0.2) is 0 Å². The number of hydrogen-bond acceptors (Lipinski definition) is 8. The Morgan fingerprint density at radius 1 is 1.14 bits per heavy atom. The molecule has 35 heavy (non-hydrogen) atoms. The summed E-state index contributed by atoms with van der Waals surface area (Å²) in [6, 6.07) is 0. The highest BCUT2D eigenvalue weighted by Gasteiger charge is 2.79. The quantitative estimate of drug-likeness (QED) is 0.339. The Morgan fingerprint density at radius 3 is 2.51 bits per heavy atom. The van der Waals surface area contributed by atoms with Gasteiger partial charge in [-0.3, -0.25) is 4.79 Å². The van der Waals surface area contributed by atoms with Crippen LogP contribution in [0.5, 0.6) is 0 Å². The Morgan fingerprint density at radius 2 is 1.86 bits per heavy atom. The number of aliphatic hydroxyl groups excluding tert-OH is 2. The van der Waals surface area contributed by atoms with Crippen molar-refractivity contribution in [2.45, 2.75) is 109 Å². The van der Waals surface area contributed by atoms with E-state index in [1.54, 1.807) is 0 Å². The van der Waals surface area contributed by atoms with Crippen LogP contribution in [0.15, 0.2) is 11.1 Å². The summed E-state index contributed by atoms with van der Waals surface area (Å²) in [5.41, 5.74) is -1.71. The third-order valence-corrected chi connectivity index (χ3v) is 11.1. The number of aliphatic hydroxyl groups is 4. The van der Waals surface area contributed by atoms with Gasteiger partial charge >= 0.3 is 5.97 Å². The summed E-state index contributed by atoms with van der Waals surface area (Å²) in [5, 5.41) is 46.1. The van der Waals surface area contributed by atoms with Crippen molar-refractivity contribution in [1.29, 1.82) is 0 Å². The SMILES string of the molecule is CC(=O)O[C@@H]1C2CC[C@@H]3C4=C(C(C)C)C[C@H](O)[C@]4(C)CC[C@@]3(C)[C@H]3OC4OC[C@]1(O)[C@H](O)[C@]4(O)[C@H]23. The van der Waals surface area contributed by atoms with Gasteiger partial charge < -0.3 is 34.6 Å². The van der Waals surface area contributed by atoms with Gasteiger partial charge in [0.15, 0.2) is 11.9 Å². The number of esters is 1. The fraction of sp³-hybridized carbons (Fsp3) is 0.889. The fourth-order valence-electron chi connectivity index (χ4n) is 9.29. The maximum atomic E-state index is 12.1. The van der Waals surface area contributed by atoms with Crippen molar-refractivity contribution in [3.05, 3.63) is 11.1 Å². The maximum absolute atomic E-state index is 12.1. The average molecular weight is 493 g/mol. The summed E-state index contributed by atoms with van der Waals surface area (Å²) in [5.74, 6) is -1.06. The lowest BCUT2D eigenvalue weighted by Gasteiger charge is -2.59. The minimum absolute atomic E-state index is 0.108. The Kier molecular flexibility index (Phi) is 5.07. The molecule has 0 aromatic rings. The van der Waals surface area contributed by atoms with Crippen LogP contribution in [0.3, 0.4) is 0 Å². The normalized spacial score (nSPS) is 56.5. The topological polar surface area (TPSA) is 126 Å². The number of fused-ring (bicyclic) bond motifs is 5. The number of hydrogen-bond donors (Lipinski definition) is 4. The first kappa shape index (κ1) is 24.3. The van der Waals surface area contributed by atoms with Gasteiger partial charge in [0, 0.05) is 29.6 Å². The predicted octanol–water partition coefficient (Wildman–Crippen LogP) is 1.68. The molecule has 0 radical (unpaired) electrons. The fourth-order valence-corrected chi connectivity index (χ4v) is 9.29. The van der Waals surface area contributed by atoms with Crippen LogP contribution in [-0.2, 0) is 19.0 Å². The zero-order chi connectivity index (χ0) is 25.3. The van der Waals surface area contributed by atoms with Crippen molar-refractivity contribution in [3.8, 4) is 0 Å². The summed E-state index contributed by atoms with van der Waals surface area (Å²) in [6.45, 7) is 9.79. The summed E-state index contributed by atoms with van der Waals surface area (Å²) < 4.78 is 18.1. The molecular weight excluding hydrogens is 452 g/mol. The highest BCUT2D eigenvalue weighted by molar-refractivity contribution is 5.66. The molecule has 2 unspecified atom stereocenters. The highest BCUT2D eigenvalue weighted by atomic mass is 16.7. The molecule has 4 N–H and O–H groups in total. The van der Waals surface area contributed by atoms with Gasteiger partial charge in [-0.2, -0.15) is 0 Å². The molecule has 6 aliphatic rings. The molecule has 196 valence electrons. The van der Waals surface area contributed by atoms with Crippen LogP contribution >= 0.6 is 0 Å². The Bertz CT molecular complexity index is 978. The smallest absolute Gasteiger partial charge is 0.303 e. The van der Waals surface area contributed by atoms with E-state index in [0.29, 0.717) is 18.8 Å². The van der Waals surface area contributed by atoms with E-state index < -0.39 is 53.8 Å². The Labute approximate surface area is 206 Å². The minimum Gasteiger partial charge on any atom is -0.459 e. The van der Waals surface area contributed by atoms with Gasteiger partial charge in [0.05, 0.1) is 18.8 Å². The van der Waals surface area contributed by atoms with Gasteiger partial charge in [0.1, 0.15) is 17.8 Å². The molecule has 3 saturated carbocycles. The first-order valence-corrected chi connectivity index (χ1v) is 13.3. The van der Waals surface area contributed by atoms with Crippen LogP contribution in [0.25, 0.3) is 0 Å². The second-order valence-corrected chi connectivity index (χ2v) is 13.1. The molecule has 8 nitrogen and oxygen atoms in total. The van der Waals surface area contributed by atoms with Crippen molar-refractivity contribution in [3.63, 3.8) is 0 Å². The van der Waals surface area contributed by atoms with E-state index in [0.717, 1.165) is 19.3 Å². The van der Waals surface area contributed by atoms with Crippen LogP contribution in [0.2, 0.25) is 0 Å². The standard InChI is InChI=1S/C27H40O8/c1-12(2)15-10-17(29)25(5)9-8-24(4)16(18(15)25)7-6-14-19-21(24)35-23-27(19,32)22(30)26(31,11-33-23)20(14)34-13(3)28/h12,14,16-17,19-23,29-32H,6-11H2,1-5H3/t14?,16-,17+,19-,20-,21+,22+,23?,24-,25+,26-,27-/m1/s1. The highest BCUT2D eigenvalue weighted by Crippen LogP contribution is 2.69. The summed E-state index contributed by atoms with van der Waals surface area (Å²) in [4.78, 5) is 12.1. The van der Waals surface area contributed by atoms with E-state index in [1.165, 1.54) is 18.1 Å². The number of ether oxygens (including phenoxy) is 3. The van der Waals surface area contributed by atoms with Gasteiger partial charge in [-0.05, 0) is 43.9 Å². The molecule has 2 aliphatic heterocycles. The Hall–Kier alpha value is -1.03. The Balaban J connectivity index is 1.52. The molecule has 0 aromatic carbocycles. The van der Waals surface area contributed by atoms with Crippen molar-refractivity contribution in [1.82, 2.24) is 0 Å². The maximum Gasteiger partial charge on any atom is 0.303 e. The van der Waals surface area contributed by atoms with E-state index in [-0.39, 0.29) is 29.3 Å².